The van der Waals surface area contributed by atoms with Crippen molar-refractivity contribution in [2.45, 2.75) is 30.5 Å². The molecule has 3 aliphatic heterocycles. The van der Waals surface area contributed by atoms with Gasteiger partial charge in [0.15, 0.2) is 0 Å². The molecule has 5 atom stereocenters. The lowest BCUT2D eigenvalue weighted by Crippen LogP contribution is -2.34. The van der Waals surface area contributed by atoms with Crippen molar-refractivity contribution in [2.75, 3.05) is 33.0 Å². The second-order valence-electron chi connectivity index (χ2n) is 4.58. The van der Waals surface area contributed by atoms with Gasteiger partial charge in [-0.25, -0.2) is 0 Å². The Morgan fingerprint density at radius 3 is 2.24 bits per heavy atom. The lowest BCUT2D eigenvalue weighted by atomic mass is 10.1. The third-order valence-corrected chi connectivity index (χ3v) is 3.29. The maximum atomic E-state index is 5.74. The molecule has 0 aromatic carbocycles. The maximum Gasteiger partial charge on any atom is 0.115 e. The summed E-state index contributed by atoms with van der Waals surface area (Å²) in [5.41, 5.74) is 0. The van der Waals surface area contributed by atoms with Gasteiger partial charge in [0.1, 0.15) is 30.5 Å². The molecule has 0 aromatic rings. The van der Waals surface area contributed by atoms with Crippen LogP contribution in [0.25, 0.3) is 0 Å². The average molecular weight is 242 g/mol. The van der Waals surface area contributed by atoms with Crippen LogP contribution >= 0.6 is 0 Å². The standard InChI is InChI=1S/C12H18O5/c1-2-3-13-9-6-16-12-10(7-17-11(9)12)15-5-8-4-14-8/h2,8-12H,1,3-7H2/t8?,9-,10+,11+,12+/m0/s1. The van der Waals surface area contributed by atoms with E-state index < -0.39 is 0 Å². The topological polar surface area (TPSA) is 49.5 Å². The second-order valence-corrected chi connectivity index (χ2v) is 4.58. The van der Waals surface area contributed by atoms with E-state index in [4.69, 9.17) is 23.7 Å². The molecule has 5 heteroatoms. The number of hydrogen-bond donors (Lipinski definition) is 0. The van der Waals surface area contributed by atoms with Gasteiger partial charge in [0.25, 0.3) is 0 Å². The fourth-order valence-electron chi connectivity index (χ4n) is 2.30. The van der Waals surface area contributed by atoms with E-state index >= 15 is 0 Å². The third-order valence-electron chi connectivity index (χ3n) is 3.29. The molecule has 0 saturated carbocycles. The highest BCUT2D eigenvalue weighted by Gasteiger charge is 2.49. The van der Waals surface area contributed by atoms with Crippen molar-refractivity contribution in [1.29, 1.82) is 0 Å². The first-order valence-electron chi connectivity index (χ1n) is 6.07. The lowest BCUT2D eigenvalue weighted by molar-refractivity contribution is -0.0484. The van der Waals surface area contributed by atoms with Crippen molar-refractivity contribution in [2.24, 2.45) is 0 Å². The fourth-order valence-corrected chi connectivity index (χ4v) is 2.30. The Morgan fingerprint density at radius 2 is 1.65 bits per heavy atom. The van der Waals surface area contributed by atoms with Crippen molar-refractivity contribution in [1.82, 2.24) is 0 Å². The first kappa shape index (κ1) is 11.6. The minimum absolute atomic E-state index is 0.0000661. The van der Waals surface area contributed by atoms with Gasteiger partial charge >= 0.3 is 0 Å². The van der Waals surface area contributed by atoms with E-state index in [2.05, 4.69) is 6.58 Å². The highest BCUT2D eigenvalue weighted by molar-refractivity contribution is 4.96. The zero-order valence-electron chi connectivity index (χ0n) is 9.75. The van der Waals surface area contributed by atoms with E-state index in [0.717, 1.165) is 6.61 Å². The molecule has 3 rings (SSSR count). The van der Waals surface area contributed by atoms with Gasteiger partial charge in [0.2, 0.25) is 0 Å². The summed E-state index contributed by atoms with van der Waals surface area (Å²) in [6.07, 6.45) is 2.04. The summed E-state index contributed by atoms with van der Waals surface area (Å²) in [5, 5.41) is 0. The van der Waals surface area contributed by atoms with Crippen LogP contribution in [0.2, 0.25) is 0 Å². The number of fused-ring (bicyclic) bond motifs is 1. The third kappa shape index (κ3) is 2.53. The van der Waals surface area contributed by atoms with Crippen molar-refractivity contribution in [3.8, 4) is 0 Å². The molecule has 0 N–H and O–H groups in total. The fraction of sp³-hybridized carbons (Fsp3) is 0.833. The minimum atomic E-state index is 0.0000661. The van der Waals surface area contributed by atoms with Crippen molar-refractivity contribution >= 4 is 0 Å². The van der Waals surface area contributed by atoms with Gasteiger partial charge in [-0.1, -0.05) is 6.08 Å². The Bertz CT molecular complexity index is 278. The second kappa shape index (κ2) is 5.04. The first-order chi connectivity index (χ1) is 8.38. The van der Waals surface area contributed by atoms with Crippen LogP contribution < -0.4 is 0 Å². The molecule has 5 nitrogen and oxygen atoms in total. The van der Waals surface area contributed by atoms with Crippen LogP contribution in [0.15, 0.2) is 12.7 Å². The number of epoxide rings is 1. The van der Waals surface area contributed by atoms with Crippen LogP contribution in [0.1, 0.15) is 0 Å². The van der Waals surface area contributed by atoms with Crippen LogP contribution in [0.4, 0.5) is 0 Å². The molecule has 0 bridgehead atoms. The Labute approximate surface area is 101 Å². The molecule has 1 unspecified atom stereocenters. The molecule has 96 valence electrons. The van der Waals surface area contributed by atoms with Crippen LogP contribution in [0.3, 0.4) is 0 Å². The van der Waals surface area contributed by atoms with E-state index in [1.54, 1.807) is 6.08 Å². The summed E-state index contributed by atoms with van der Waals surface area (Å²) in [6.45, 7) is 6.77. The summed E-state index contributed by atoms with van der Waals surface area (Å²) >= 11 is 0. The SMILES string of the molecule is C=CCO[C@H]1CO[C@H]2[C@@H]1OC[C@H]2OCC1CO1. The summed E-state index contributed by atoms with van der Waals surface area (Å²) in [6, 6.07) is 0. The Kier molecular flexibility index (Phi) is 3.44. The van der Waals surface area contributed by atoms with E-state index in [9.17, 15) is 0 Å². The summed E-state index contributed by atoms with van der Waals surface area (Å²) in [4.78, 5) is 0. The molecule has 0 radical (unpaired) electrons. The van der Waals surface area contributed by atoms with Gasteiger partial charge in [-0.3, -0.25) is 0 Å². The number of rotatable bonds is 6. The molecule has 17 heavy (non-hydrogen) atoms. The van der Waals surface area contributed by atoms with Crippen molar-refractivity contribution < 1.29 is 23.7 Å². The lowest BCUT2D eigenvalue weighted by Gasteiger charge is -2.16. The summed E-state index contributed by atoms with van der Waals surface area (Å²) in [5.74, 6) is 0. The molecule has 3 fully saturated rings. The molecule has 3 aliphatic rings. The molecule has 0 spiro atoms. The Balaban J connectivity index is 1.49. The number of hydrogen-bond acceptors (Lipinski definition) is 5. The zero-order chi connectivity index (χ0) is 11.7. The monoisotopic (exact) mass is 242 g/mol. The number of ether oxygens (including phenoxy) is 5. The van der Waals surface area contributed by atoms with E-state index in [1.807, 2.05) is 0 Å². The Hall–Kier alpha value is -0.460. The first-order valence-corrected chi connectivity index (χ1v) is 6.07. The van der Waals surface area contributed by atoms with Gasteiger partial charge in [-0.15, -0.1) is 6.58 Å². The molecule has 0 amide bonds. The minimum Gasteiger partial charge on any atom is -0.371 e. The van der Waals surface area contributed by atoms with Gasteiger partial charge < -0.3 is 23.7 Å². The van der Waals surface area contributed by atoms with Gasteiger partial charge in [-0.05, 0) is 0 Å². The largest absolute Gasteiger partial charge is 0.371 e. The average Bonchev–Trinajstić information content (AvgIpc) is 2.95. The highest BCUT2D eigenvalue weighted by Crippen LogP contribution is 2.30. The van der Waals surface area contributed by atoms with Crippen LogP contribution in [-0.2, 0) is 23.7 Å². The predicted octanol–water partition coefficient (Wildman–Crippen LogP) is 0.139. The van der Waals surface area contributed by atoms with Crippen LogP contribution in [-0.4, -0.2) is 63.6 Å². The quantitative estimate of drug-likeness (QED) is 0.490. The molecular weight excluding hydrogens is 224 g/mol. The van der Waals surface area contributed by atoms with Gasteiger partial charge in [0.05, 0.1) is 33.0 Å². The smallest absolute Gasteiger partial charge is 0.115 e. The molecular formula is C12H18O5. The normalized spacial score (nSPS) is 43.6. The van der Waals surface area contributed by atoms with Gasteiger partial charge in [0, 0.05) is 0 Å². The maximum absolute atomic E-state index is 5.74. The van der Waals surface area contributed by atoms with E-state index in [-0.39, 0.29) is 30.5 Å². The summed E-state index contributed by atoms with van der Waals surface area (Å²) in [7, 11) is 0. The molecule has 3 saturated heterocycles. The molecule has 3 heterocycles. The summed E-state index contributed by atoms with van der Waals surface area (Å²) < 4.78 is 27.9. The molecule has 0 aromatic heterocycles. The predicted molar refractivity (Wildman–Crippen MR) is 58.9 cm³/mol. The van der Waals surface area contributed by atoms with Crippen LogP contribution in [0.5, 0.6) is 0 Å². The van der Waals surface area contributed by atoms with E-state index in [1.165, 1.54) is 0 Å². The molecule has 0 aliphatic carbocycles. The zero-order valence-corrected chi connectivity index (χ0v) is 9.75. The van der Waals surface area contributed by atoms with Gasteiger partial charge in [-0.2, -0.15) is 0 Å². The van der Waals surface area contributed by atoms with Crippen molar-refractivity contribution in [3.63, 3.8) is 0 Å². The highest BCUT2D eigenvalue weighted by atomic mass is 16.7. The Morgan fingerprint density at radius 1 is 1.00 bits per heavy atom. The van der Waals surface area contributed by atoms with Crippen LogP contribution in [0, 0.1) is 0 Å². The van der Waals surface area contributed by atoms with E-state index in [0.29, 0.717) is 26.4 Å². The van der Waals surface area contributed by atoms with Crippen molar-refractivity contribution in [3.05, 3.63) is 12.7 Å².